The predicted octanol–water partition coefficient (Wildman–Crippen LogP) is 5.11. The number of fused-ring (bicyclic) bond motifs is 9. The molecule has 0 N–H and O–H groups in total. The number of hydrogen-bond acceptors (Lipinski definition) is 5. The maximum absolute atomic E-state index is 12.9. The van der Waals surface area contributed by atoms with Gasteiger partial charge in [0.05, 0.1) is 17.4 Å². The van der Waals surface area contributed by atoms with E-state index in [-0.39, 0.29) is 36.9 Å². The van der Waals surface area contributed by atoms with Crippen molar-refractivity contribution in [3.63, 3.8) is 0 Å². The van der Waals surface area contributed by atoms with Gasteiger partial charge < -0.3 is 14.2 Å². The molecular formula is C26H40O5. The van der Waals surface area contributed by atoms with Crippen molar-refractivity contribution in [2.24, 2.45) is 46.8 Å². The van der Waals surface area contributed by atoms with Crippen molar-refractivity contribution in [2.45, 2.75) is 97.2 Å². The monoisotopic (exact) mass is 432 g/mol. The summed E-state index contributed by atoms with van der Waals surface area (Å²) in [7, 11) is 0. The third kappa shape index (κ3) is 3.83. The van der Waals surface area contributed by atoms with Crippen LogP contribution in [0.1, 0.15) is 85.0 Å². The first-order valence-electron chi connectivity index (χ1n) is 12.9. The molecule has 5 rings (SSSR count). The van der Waals surface area contributed by atoms with Gasteiger partial charge in [0, 0.05) is 0 Å². The zero-order valence-corrected chi connectivity index (χ0v) is 19.5. The number of esters is 2. The van der Waals surface area contributed by atoms with E-state index in [9.17, 15) is 9.59 Å². The highest BCUT2D eigenvalue weighted by Crippen LogP contribution is 2.69. The predicted molar refractivity (Wildman–Crippen MR) is 116 cm³/mol. The Bertz CT molecular complexity index is 696. The number of carbonyl (C=O) groups is 2. The highest BCUT2D eigenvalue weighted by atomic mass is 16.7. The van der Waals surface area contributed by atoms with Gasteiger partial charge in [0.1, 0.15) is 6.10 Å². The Labute approximate surface area is 186 Å². The van der Waals surface area contributed by atoms with Crippen LogP contribution < -0.4 is 0 Å². The van der Waals surface area contributed by atoms with Crippen LogP contribution in [-0.4, -0.2) is 30.9 Å². The topological polar surface area (TPSA) is 61.8 Å². The van der Waals surface area contributed by atoms with Crippen LogP contribution in [0.25, 0.3) is 0 Å². The smallest absolute Gasteiger partial charge is 0.311 e. The molecule has 0 saturated heterocycles. The number of rotatable bonds is 7. The van der Waals surface area contributed by atoms with Crippen LogP contribution in [0.15, 0.2) is 0 Å². The van der Waals surface area contributed by atoms with Crippen LogP contribution in [0.4, 0.5) is 0 Å². The summed E-state index contributed by atoms with van der Waals surface area (Å²) in [5.74, 6) is 3.46. The van der Waals surface area contributed by atoms with Crippen molar-refractivity contribution < 1.29 is 23.8 Å². The maximum Gasteiger partial charge on any atom is 0.311 e. The number of ether oxygens (including phenoxy) is 3. The van der Waals surface area contributed by atoms with Crippen LogP contribution >= 0.6 is 0 Å². The van der Waals surface area contributed by atoms with Crippen LogP contribution in [0.3, 0.4) is 0 Å². The molecule has 5 aliphatic carbocycles. The molecule has 5 nitrogen and oxygen atoms in total. The summed E-state index contributed by atoms with van der Waals surface area (Å²) in [5.41, 5.74) is -0.398. The second-order valence-corrected chi connectivity index (χ2v) is 11.7. The van der Waals surface area contributed by atoms with Gasteiger partial charge in [0.2, 0.25) is 0 Å². The molecule has 0 aromatic carbocycles. The van der Waals surface area contributed by atoms with Crippen molar-refractivity contribution in [2.75, 3.05) is 6.79 Å². The molecule has 5 saturated carbocycles. The average Bonchev–Trinajstić information content (AvgIpc) is 3.53. The average molecular weight is 433 g/mol. The fraction of sp³-hybridized carbons (Fsp3) is 0.923. The van der Waals surface area contributed by atoms with E-state index in [1.807, 2.05) is 20.8 Å². The highest BCUT2D eigenvalue weighted by molar-refractivity contribution is 5.76. The number of hydrogen-bond donors (Lipinski definition) is 0. The Kier molecular flexibility index (Phi) is 5.85. The molecule has 5 fully saturated rings. The van der Waals surface area contributed by atoms with E-state index in [2.05, 4.69) is 0 Å². The van der Waals surface area contributed by atoms with E-state index in [1.165, 1.54) is 25.7 Å². The van der Waals surface area contributed by atoms with Crippen LogP contribution in [0.2, 0.25) is 0 Å². The molecular weight excluding hydrogens is 392 g/mol. The van der Waals surface area contributed by atoms with E-state index >= 15 is 0 Å². The van der Waals surface area contributed by atoms with Gasteiger partial charge in [-0.3, -0.25) is 9.59 Å². The summed E-state index contributed by atoms with van der Waals surface area (Å²) in [6, 6.07) is 0. The SMILES string of the molecule is CCC(C)(C)C(=O)OC1CC2CC1C1C3CC(C(=O)OCOC4CCCCC4)C(C3)C21. The Morgan fingerprint density at radius 3 is 2.32 bits per heavy atom. The fourth-order valence-electron chi connectivity index (χ4n) is 7.91. The van der Waals surface area contributed by atoms with E-state index < -0.39 is 5.41 Å². The fourth-order valence-corrected chi connectivity index (χ4v) is 7.91. The van der Waals surface area contributed by atoms with Crippen molar-refractivity contribution >= 4 is 11.9 Å². The van der Waals surface area contributed by atoms with Gasteiger partial charge in [-0.2, -0.15) is 0 Å². The molecule has 0 heterocycles. The van der Waals surface area contributed by atoms with E-state index in [0.29, 0.717) is 35.5 Å². The molecule has 31 heavy (non-hydrogen) atoms. The third-order valence-corrected chi connectivity index (χ3v) is 9.81. The molecule has 5 aliphatic rings. The molecule has 0 aromatic rings. The summed E-state index contributed by atoms with van der Waals surface area (Å²) < 4.78 is 17.5. The maximum atomic E-state index is 12.9. The van der Waals surface area contributed by atoms with Crippen molar-refractivity contribution in [1.29, 1.82) is 0 Å². The Morgan fingerprint density at radius 1 is 0.903 bits per heavy atom. The Hall–Kier alpha value is -1.10. The second-order valence-electron chi connectivity index (χ2n) is 11.7. The summed E-state index contributed by atoms with van der Waals surface area (Å²) in [4.78, 5) is 25.5. The van der Waals surface area contributed by atoms with Crippen LogP contribution in [0, 0.1) is 46.8 Å². The molecule has 0 spiro atoms. The minimum absolute atomic E-state index is 0.0304. The van der Waals surface area contributed by atoms with Gasteiger partial charge >= 0.3 is 11.9 Å². The van der Waals surface area contributed by atoms with Gasteiger partial charge in [-0.15, -0.1) is 0 Å². The van der Waals surface area contributed by atoms with E-state index in [1.54, 1.807) is 0 Å². The van der Waals surface area contributed by atoms with Crippen LogP contribution in [0.5, 0.6) is 0 Å². The molecule has 174 valence electrons. The minimum Gasteiger partial charge on any atom is -0.462 e. The largest absolute Gasteiger partial charge is 0.462 e. The summed E-state index contributed by atoms with van der Waals surface area (Å²) in [6.45, 7) is 6.14. The third-order valence-electron chi connectivity index (χ3n) is 9.81. The molecule has 0 aliphatic heterocycles. The lowest BCUT2D eigenvalue weighted by Gasteiger charge is -2.41. The highest BCUT2D eigenvalue weighted by Gasteiger charge is 2.66. The van der Waals surface area contributed by atoms with Gasteiger partial charge in [-0.05, 0) is 94.3 Å². The molecule has 0 aromatic heterocycles. The zero-order chi connectivity index (χ0) is 21.8. The Morgan fingerprint density at radius 2 is 1.58 bits per heavy atom. The molecule has 5 heteroatoms. The van der Waals surface area contributed by atoms with Gasteiger partial charge in [0.25, 0.3) is 0 Å². The normalized spacial score (nSPS) is 41.4. The second kappa shape index (κ2) is 8.35. The lowest BCUT2D eigenvalue weighted by molar-refractivity contribution is -0.171. The summed E-state index contributed by atoms with van der Waals surface area (Å²) >= 11 is 0. The van der Waals surface area contributed by atoms with Crippen molar-refractivity contribution in [3.8, 4) is 0 Å². The first-order valence-corrected chi connectivity index (χ1v) is 12.9. The van der Waals surface area contributed by atoms with E-state index in [0.717, 1.165) is 38.5 Å². The zero-order valence-electron chi connectivity index (χ0n) is 19.5. The molecule has 4 bridgehead atoms. The van der Waals surface area contributed by atoms with Gasteiger partial charge in [-0.25, -0.2) is 0 Å². The van der Waals surface area contributed by atoms with Gasteiger partial charge in [0.15, 0.2) is 6.79 Å². The number of carbonyl (C=O) groups excluding carboxylic acids is 2. The quantitative estimate of drug-likeness (QED) is 0.318. The van der Waals surface area contributed by atoms with Crippen molar-refractivity contribution in [3.05, 3.63) is 0 Å². The lowest BCUT2D eigenvalue weighted by atomic mass is 9.67. The molecule has 8 atom stereocenters. The minimum atomic E-state index is -0.398. The summed E-state index contributed by atoms with van der Waals surface area (Å²) in [5, 5.41) is 0. The molecule has 8 unspecified atom stereocenters. The van der Waals surface area contributed by atoms with Crippen LogP contribution in [-0.2, 0) is 23.8 Å². The first kappa shape index (κ1) is 21.7. The summed E-state index contributed by atoms with van der Waals surface area (Å²) in [6.07, 6.45) is 11.4. The Balaban J connectivity index is 1.14. The first-order chi connectivity index (χ1) is 14.9. The van der Waals surface area contributed by atoms with E-state index in [4.69, 9.17) is 14.2 Å². The molecule has 0 radical (unpaired) electrons. The molecule has 0 amide bonds. The van der Waals surface area contributed by atoms with Crippen molar-refractivity contribution in [1.82, 2.24) is 0 Å². The van der Waals surface area contributed by atoms with Gasteiger partial charge in [-0.1, -0.05) is 26.2 Å². The standard InChI is InChI=1S/C26H40O5/c1-4-26(2,3)25(28)31-21-13-16-12-20(21)23-15-10-18(22(16)23)19(11-15)24(27)30-14-29-17-8-6-5-7-9-17/h15-23H,4-14H2,1-3H3. The lowest BCUT2D eigenvalue weighted by Crippen LogP contribution is -2.42.